The van der Waals surface area contributed by atoms with Crippen LogP contribution >= 0.6 is 0 Å². The van der Waals surface area contributed by atoms with Gasteiger partial charge >= 0.3 is 0 Å². The van der Waals surface area contributed by atoms with E-state index in [1.165, 1.54) is 0 Å². The Morgan fingerprint density at radius 3 is 3.07 bits per heavy atom. The van der Waals surface area contributed by atoms with Crippen molar-refractivity contribution in [1.82, 2.24) is 9.96 Å². The Labute approximate surface area is 83.1 Å². The van der Waals surface area contributed by atoms with Crippen molar-refractivity contribution in [2.45, 2.75) is 13.3 Å². The number of hydroxylamine groups is 2. The molecule has 4 nitrogen and oxygen atoms in total. The second-order valence-corrected chi connectivity index (χ2v) is 3.49. The number of allylic oxidation sites excluding steroid dienone is 1. The van der Waals surface area contributed by atoms with Crippen molar-refractivity contribution in [2.75, 3.05) is 19.6 Å². The molecule has 0 saturated heterocycles. The number of nitrogens with zero attached hydrogens (tertiary/aromatic N) is 2. The first kappa shape index (κ1) is 9.27. The molecule has 2 aliphatic rings. The smallest absolute Gasteiger partial charge is 0.272 e. The molecule has 1 N–H and O–H groups in total. The van der Waals surface area contributed by atoms with Crippen LogP contribution in [0.3, 0.4) is 0 Å². The van der Waals surface area contributed by atoms with Crippen LogP contribution in [-0.4, -0.2) is 40.7 Å². The molecule has 14 heavy (non-hydrogen) atoms. The fraction of sp³-hybridized carbons (Fsp3) is 0.500. The lowest BCUT2D eigenvalue weighted by atomic mass is 10.0. The van der Waals surface area contributed by atoms with Crippen LogP contribution in [0.25, 0.3) is 0 Å². The van der Waals surface area contributed by atoms with Crippen molar-refractivity contribution in [3.8, 4) is 0 Å². The van der Waals surface area contributed by atoms with Crippen molar-refractivity contribution in [2.24, 2.45) is 0 Å². The van der Waals surface area contributed by atoms with Gasteiger partial charge in [0.1, 0.15) is 5.70 Å². The molecule has 0 atom stereocenters. The lowest BCUT2D eigenvalue weighted by molar-refractivity contribution is -0.137. The van der Waals surface area contributed by atoms with Gasteiger partial charge in [-0.15, -0.1) is 0 Å². The molecule has 2 rings (SSSR count). The number of carbonyl (C=O) groups is 1. The molecule has 1 amide bonds. The highest BCUT2D eigenvalue weighted by Crippen LogP contribution is 2.24. The first-order valence-electron chi connectivity index (χ1n) is 4.89. The summed E-state index contributed by atoms with van der Waals surface area (Å²) < 4.78 is 0. The third-order valence-electron chi connectivity index (χ3n) is 2.68. The summed E-state index contributed by atoms with van der Waals surface area (Å²) in [5, 5.41) is 10.6. The maximum Gasteiger partial charge on any atom is 0.272 e. The summed E-state index contributed by atoms with van der Waals surface area (Å²) in [6.45, 7) is 3.81. The summed E-state index contributed by atoms with van der Waals surface area (Å²) in [6.07, 6.45) is 4.64. The molecule has 0 aromatic carbocycles. The molecule has 0 aromatic rings. The molecule has 76 valence electrons. The molecule has 0 saturated carbocycles. The van der Waals surface area contributed by atoms with Gasteiger partial charge in [-0.25, -0.2) is 5.06 Å². The highest BCUT2D eigenvalue weighted by atomic mass is 16.5. The number of hydrogen-bond donors (Lipinski definition) is 1. The summed E-state index contributed by atoms with van der Waals surface area (Å²) in [5.41, 5.74) is 1.41. The van der Waals surface area contributed by atoms with Crippen LogP contribution in [0.1, 0.15) is 13.3 Å². The van der Waals surface area contributed by atoms with Crippen LogP contribution in [0.2, 0.25) is 0 Å². The molecule has 0 bridgehead atoms. The third-order valence-corrected chi connectivity index (χ3v) is 2.68. The monoisotopic (exact) mass is 194 g/mol. The Morgan fingerprint density at radius 2 is 2.36 bits per heavy atom. The van der Waals surface area contributed by atoms with Gasteiger partial charge in [-0.1, -0.05) is 12.2 Å². The second-order valence-electron chi connectivity index (χ2n) is 3.49. The standard InChI is InChI=1S/C10H14N2O2/c1-2-11-7-5-8-4-3-6-12(14)9(8)10(11)13/h3-4,14H,2,5-7H2,1H3. The minimum Gasteiger partial charge on any atom is -0.337 e. The van der Waals surface area contributed by atoms with E-state index in [0.29, 0.717) is 18.8 Å². The van der Waals surface area contributed by atoms with Crippen LogP contribution in [0.4, 0.5) is 0 Å². The summed E-state index contributed by atoms with van der Waals surface area (Å²) in [6, 6.07) is 0. The van der Waals surface area contributed by atoms with E-state index < -0.39 is 0 Å². The first-order valence-corrected chi connectivity index (χ1v) is 4.89. The molecule has 2 heterocycles. The predicted octanol–water partition coefficient (Wildman–Crippen LogP) is 0.754. The SMILES string of the molecule is CCN1CCC2=C(C1=O)N(O)CC=C2. The molecule has 0 unspecified atom stereocenters. The second kappa shape index (κ2) is 3.46. The first-order chi connectivity index (χ1) is 6.74. The molecule has 0 spiro atoms. The van der Waals surface area contributed by atoms with E-state index in [0.717, 1.165) is 23.6 Å². The lowest BCUT2D eigenvalue weighted by Crippen LogP contribution is -2.43. The Morgan fingerprint density at radius 1 is 1.57 bits per heavy atom. The minimum atomic E-state index is -0.0550. The van der Waals surface area contributed by atoms with Gasteiger partial charge in [0.15, 0.2) is 0 Å². The number of rotatable bonds is 1. The molecule has 2 aliphatic heterocycles. The van der Waals surface area contributed by atoms with Crippen LogP contribution in [-0.2, 0) is 4.79 Å². The summed E-state index contributed by atoms with van der Waals surface area (Å²) in [7, 11) is 0. The number of carbonyl (C=O) groups excluding carboxylic acids is 1. The molecule has 0 fully saturated rings. The zero-order valence-corrected chi connectivity index (χ0v) is 8.23. The zero-order valence-electron chi connectivity index (χ0n) is 8.23. The zero-order chi connectivity index (χ0) is 10.1. The third kappa shape index (κ3) is 1.32. The highest BCUT2D eigenvalue weighted by Gasteiger charge is 2.29. The van der Waals surface area contributed by atoms with Crippen molar-refractivity contribution in [3.63, 3.8) is 0 Å². The predicted molar refractivity (Wildman–Crippen MR) is 51.5 cm³/mol. The van der Waals surface area contributed by atoms with E-state index in [1.54, 1.807) is 4.90 Å². The van der Waals surface area contributed by atoms with Gasteiger partial charge in [0.2, 0.25) is 0 Å². The largest absolute Gasteiger partial charge is 0.337 e. The summed E-state index contributed by atoms with van der Waals surface area (Å²) in [4.78, 5) is 13.6. The van der Waals surface area contributed by atoms with Crippen molar-refractivity contribution in [1.29, 1.82) is 0 Å². The molecular weight excluding hydrogens is 180 g/mol. The number of hydrogen-bond acceptors (Lipinski definition) is 3. The van der Waals surface area contributed by atoms with Crippen molar-refractivity contribution >= 4 is 5.91 Å². The van der Waals surface area contributed by atoms with E-state index in [2.05, 4.69) is 0 Å². The van der Waals surface area contributed by atoms with Gasteiger partial charge in [-0.2, -0.15) is 0 Å². The molecule has 4 heteroatoms. The van der Waals surface area contributed by atoms with Gasteiger partial charge in [0, 0.05) is 13.1 Å². The molecule has 0 aliphatic carbocycles. The van der Waals surface area contributed by atoms with Crippen molar-refractivity contribution in [3.05, 3.63) is 23.4 Å². The lowest BCUT2D eigenvalue weighted by Gasteiger charge is -2.33. The average Bonchev–Trinajstić information content (AvgIpc) is 2.18. The fourth-order valence-electron chi connectivity index (χ4n) is 1.89. The highest BCUT2D eigenvalue weighted by molar-refractivity contribution is 5.95. The van der Waals surface area contributed by atoms with E-state index in [9.17, 15) is 10.0 Å². The minimum absolute atomic E-state index is 0.0550. The van der Waals surface area contributed by atoms with E-state index in [4.69, 9.17) is 0 Å². The van der Waals surface area contributed by atoms with Gasteiger partial charge in [-0.05, 0) is 18.9 Å². The van der Waals surface area contributed by atoms with Gasteiger partial charge in [-0.3, -0.25) is 10.0 Å². The topological polar surface area (TPSA) is 43.8 Å². The Bertz CT molecular complexity index is 320. The molecule has 0 radical (unpaired) electrons. The van der Waals surface area contributed by atoms with E-state index in [-0.39, 0.29) is 5.91 Å². The van der Waals surface area contributed by atoms with Crippen LogP contribution < -0.4 is 0 Å². The van der Waals surface area contributed by atoms with Gasteiger partial charge < -0.3 is 4.90 Å². The summed E-state index contributed by atoms with van der Waals surface area (Å²) >= 11 is 0. The Balaban J connectivity index is 2.34. The normalized spacial score (nSPS) is 21.7. The van der Waals surface area contributed by atoms with Crippen LogP contribution in [0.5, 0.6) is 0 Å². The molecular formula is C10H14N2O2. The Hall–Kier alpha value is -1.29. The average molecular weight is 194 g/mol. The number of likely N-dealkylation sites (N-methyl/N-ethyl adjacent to an activating group) is 1. The maximum absolute atomic E-state index is 11.8. The van der Waals surface area contributed by atoms with Crippen LogP contribution in [0, 0.1) is 0 Å². The van der Waals surface area contributed by atoms with Crippen LogP contribution in [0.15, 0.2) is 23.4 Å². The maximum atomic E-state index is 11.8. The Kier molecular flexibility index (Phi) is 2.29. The van der Waals surface area contributed by atoms with Crippen molar-refractivity contribution < 1.29 is 10.0 Å². The fourth-order valence-corrected chi connectivity index (χ4v) is 1.89. The van der Waals surface area contributed by atoms with E-state index in [1.807, 2.05) is 19.1 Å². The van der Waals surface area contributed by atoms with Gasteiger partial charge in [0.05, 0.1) is 6.54 Å². The number of amides is 1. The molecule has 0 aromatic heterocycles. The summed E-state index contributed by atoms with van der Waals surface area (Å²) in [5.74, 6) is -0.0550. The van der Waals surface area contributed by atoms with E-state index >= 15 is 0 Å². The quantitative estimate of drug-likeness (QED) is 0.670. The van der Waals surface area contributed by atoms with Gasteiger partial charge in [0.25, 0.3) is 5.91 Å².